The van der Waals surface area contributed by atoms with Crippen LogP contribution in [0, 0.1) is 0 Å². The minimum Gasteiger partial charge on any atom is -0.356 e. The molecule has 4 amide bonds. The van der Waals surface area contributed by atoms with Gasteiger partial charge in [0, 0.05) is 41.8 Å². The molecule has 0 saturated heterocycles. The van der Waals surface area contributed by atoms with Crippen LogP contribution < -0.4 is 21.3 Å². The number of amides is 4. The number of urea groups is 1. The molecule has 0 heterocycles. The first-order valence-electron chi connectivity index (χ1n) is 8.45. The fraction of sp³-hybridized carbons (Fsp3) is 0.211. The SMILES string of the molecule is O=C(CCNC(=O)Nc1ccccc1)NCCC(=O)Nc1ccc(Br)cc1. The lowest BCUT2D eigenvalue weighted by molar-refractivity contribution is -0.121. The van der Waals surface area contributed by atoms with Gasteiger partial charge in [0.25, 0.3) is 0 Å². The summed E-state index contributed by atoms with van der Waals surface area (Å²) in [7, 11) is 0. The van der Waals surface area contributed by atoms with E-state index in [0.29, 0.717) is 11.4 Å². The number of carbonyl (C=O) groups is 3. The number of rotatable bonds is 8. The van der Waals surface area contributed by atoms with Gasteiger partial charge in [-0.2, -0.15) is 0 Å². The van der Waals surface area contributed by atoms with Crippen LogP contribution in [0.4, 0.5) is 16.2 Å². The van der Waals surface area contributed by atoms with Crippen molar-refractivity contribution >= 4 is 45.2 Å². The third-order valence-corrected chi connectivity index (χ3v) is 4.00. The molecule has 0 bridgehead atoms. The molecule has 0 aliphatic heterocycles. The maximum absolute atomic E-state index is 11.8. The summed E-state index contributed by atoms with van der Waals surface area (Å²) in [6.45, 7) is 0.437. The molecule has 2 aromatic carbocycles. The molecular weight excluding hydrogens is 412 g/mol. The Morgan fingerprint density at radius 1 is 0.704 bits per heavy atom. The minimum absolute atomic E-state index is 0.135. The summed E-state index contributed by atoms with van der Waals surface area (Å²) in [4.78, 5) is 35.2. The highest BCUT2D eigenvalue weighted by molar-refractivity contribution is 9.10. The van der Waals surface area contributed by atoms with E-state index in [9.17, 15) is 14.4 Å². The fourth-order valence-corrected chi connectivity index (χ4v) is 2.41. The van der Waals surface area contributed by atoms with E-state index in [1.54, 1.807) is 24.3 Å². The van der Waals surface area contributed by atoms with Gasteiger partial charge in [-0.3, -0.25) is 9.59 Å². The standard InChI is InChI=1S/C19H21BrN4O3/c20-14-6-8-16(9-7-14)23-18(26)11-12-21-17(25)10-13-22-19(27)24-15-4-2-1-3-5-15/h1-9H,10-13H2,(H,21,25)(H,23,26)(H2,22,24,27). The average molecular weight is 433 g/mol. The van der Waals surface area contributed by atoms with Gasteiger partial charge < -0.3 is 21.3 Å². The van der Waals surface area contributed by atoms with Crippen LogP contribution in [0.15, 0.2) is 59.1 Å². The molecule has 8 heteroatoms. The van der Waals surface area contributed by atoms with Crippen molar-refractivity contribution in [3.05, 3.63) is 59.1 Å². The third-order valence-electron chi connectivity index (χ3n) is 3.47. The fourth-order valence-electron chi connectivity index (χ4n) is 2.15. The number of hydrogen-bond donors (Lipinski definition) is 4. The lowest BCUT2D eigenvalue weighted by Gasteiger charge is -2.08. The zero-order valence-corrected chi connectivity index (χ0v) is 16.2. The predicted molar refractivity (Wildman–Crippen MR) is 108 cm³/mol. The van der Waals surface area contributed by atoms with Crippen molar-refractivity contribution in [2.45, 2.75) is 12.8 Å². The predicted octanol–water partition coefficient (Wildman–Crippen LogP) is 3.11. The van der Waals surface area contributed by atoms with E-state index < -0.39 is 0 Å². The summed E-state index contributed by atoms with van der Waals surface area (Å²) >= 11 is 3.33. The molecule has 27 heavy (non-hydrogen) atoms. The maximum atomic E-state index is 11.8. The Hall–Kier alpha value is -2.87. The third kappa shape index (κ3) is 8.37. The summed E-state index contributed by atoms with van der Waals surface area (Å²) in [5.41, 5.74) is 1.37. The second-order valence-corrected chi connectivity index (χ2v) is 6.57. The highest BCUT2D eigenvalue weighted by Gasteiger charge is 2.06. The molecule has 2 aromatic rings. The number of hydrogen-bond acceptors (Lipinski definition) is 3. The summed E-state index contributed by atoms with van der Waals surface area (Å²) < 4.78 is 0.929. The summed E-state index contributed by atoms with van der Waals surface area (Å²) in [6.07, 6.45) is 0.306. The Labute approximate surface area is 166 Å². The van der Waals surface area contributed by atoms with Gasteiger partial charge in [-0.15, -0.1) is 0 Å². The molecule has 0 aliphatic rings. The molecule has 142 valence electrons. The van der Waals surface area contributed by atoms with Gasteiger partial charge in [0.15, 0.2) is 0 Å². The van der Waals surface area contributed by atoms with Crippen LogP contribution in [0.2, 0.25) is 0 Å². The first-order chi connectivity index (χ1) is 13.0. The van der Waals surface area contributed by atoms with Crippen molar-refractivity contribution in [3.63, 3.8) is 0 Å². The minimum atomic E-state index is -0.372. The van der Waals surface area contributed by atoms with Crippen LogP contribution in [0.5, 0.6) is 0 Å². The Morgan fingerprint density at radius 2 is 1.30 bits per heavy atom. The number of carbonyl (C=O) groups excluding carboxylic acids is 3. The number of halogens is 1. The zero-order valence-electron chi connectivity index (χ0n) is 14.6. The van der Waals surface area contributed by atoms with Gasteiger partial charge in [-0.25, -0.2) is 4.79 Å². The normalized spacial score (nSPS) is 9.96. The zero-order chi connectivity index (χ0) is 19.5. The molecular formula is C19H21BrN4O3. The first kappa shape index (κ1) is 20.4. The second kappa shape index (κ2) is 11.0. The van der Waals surface area contributed by atoms with Crippen LogP contribution in [0.1, 0.15) is 12.8 Å². The van der Waals surface area contributed by atoms with Crippen molar-refractivity contribution < 1.29 is 14.4 Å². The molecule has 4 N–H and O–H groups in total. The van der Waals surface area contributed by atoms with Gasteiger partial charge in [-0.1, -0.05) is 34.1 Å². The van der Waals surface area contributed by atoms with Crippen molar-refractivity contribution in [1.82, 2.24) is 10.6 Å². The van der Waals surface area contributed by atoms with Gasteiger partial charge >= 0.3 is 6.03 Å². The van der Waals surface area contributed by atoms with E-state index in [4.69, 9.17) is 0 Å². The summed E-state index contributed by atoms with van der Waals surface area (Å²) in [5.74, 6) is -0.413. The van der Waals surface area contributed by atoms with Crippen LogP contribution in [-0.2, 0) is 9.59 Å². The van der Waals surface area contributed by atoms with E-state index in [-0.39, 0.29) is 43.8 Å². The molecule has 0 saturated carbocycles. The molecule has 7 nitrogen and oxygen atoms in total. The molecule has 2 rings (SSSR count). The van der Waals surface area contributed by atoms with Crippen molar-refractivity contribution in [2.24, 2.45) is 0 Å². The van der Waals surface area contributed by atoms with Crippen LogP contribution in [-0.4, -0.2) is 30.9 Å². The molecule has 0 atom stereocenters. The lowest BCUT2D eigenvalue weighted by Crippen LogP contribution is -2.34. The Kier molecular flexibility index (Phi) is 8.31. The number of anilines is 2. The van der Waals surface area contributed by atoms with E-state index in [1.807, 2.05) is 30.3 Å². The number of nitrogens with one attached hydrogen (secondary N) is 4. The molecule has 0 fully saturated rings. The summed E-state index contributed by atoms with van der Waals surface area (Å²) in [6, 6.07) is 15.9. The maximum Gasteiger partial charge on any atom is 0.319 e. The monoisotopic (exact) mass is 432 g/mol. The lowest BCUT2D eigenvalue weighted by atomic mass is 10.3. The average Bonchev–Trinajstić information content (AvgIpc) is 2.64. The van der Waals surface area contributed by atoms with Gasteiger partial charge in [0.1, 0.15) is 0 Å². The smallest absolute Gasteiger partial charge is 0.319 e. The van der Waals surface area contributed by atoms with E-state index in [2.05, 4.69) is 37.2 Å². The largest absolute Gasteiger partial charge is 0.356 e. The van der Waals surface area contributed by atoms with Crippen LogP contribution in [0.3, 0.4) is 0 Å². The topological polar surface area (TPSA) is 99.3 Å². The highest BCUT2D eigenvalue weighted by Crippen LogP contribution is 2.14. The van der Waals surface area contributed by atoms with Gasteiger partial charge in [0.2, 0.25) is 11.8 Å². The van der Waals surface area contributed by atoms with Crippen molar-refractivity contribution in [1.29, 1.82) is 0 Å². The Bertz CT molecular complexity index is 766. The number of benzene rings is 2. The van der Waals surface area contributed by atoms with E-state index in [1.165, 1.54) is 0 Å². The Morgan fingerprint density at radius 3 is 2.00 bits per heavy atom. The number of para-hydroxylation sites is 1. The molecule has 0 aromatic heterocycles. The first-order valence-corrected chi connectivity index (χ1v) is 9.24. The molecule has 0 spiro atoms. The van der Waals surface area contributed by atoms with Crippen LogP contribution in [0.25, 0.3) is 0 Å². The highest BCUT2D eigenvalue weighted by atomic mass is 79.9. The van der Waals surface area contributed by atoms with Crippen molar-refractivity contribution in [2.75, 3.05) is 23.7 Å². The van der Waals surface area contributed by atoms with Crippen molar-refractivity contribution in [3.8, 4) is 0 Å². The van der Waals surface area contributed by atoms with E-state index in [0.717, 1.165) is 4.47 Å². The van der Waals surface area contributed by atoms with Gasteiger partial charge in [0.05, 0.1) is 0 Å². The summed E-state index contributed by atoms with van der Waals surface area (Å²) in [5, 5.41) is 10.7. The second-order valence-electron chi connectivity index (χ2n) is 5.65. The molecule has 0 aliphatic carbocycles. The van der Waals surface area contributed by atoms with Crippen LogP contribution >= 0.6 is 15.9 Å². The molecule has 0 radical (unpaired) electrons. The van der Waals surface area contributed by atoms with E-state index >= 15 is 0 Å². The van der Waals surface area contributed by atoms with Gasteiger partial charge in [-0.05, 0) is 36.4 Å². The molecule has 0 unspecified atom stereocenters. The quantitative estimate of drug-likeness (QED) is 0.515. The Balaban J connectivity index is 1.56.